The van der Waals surface area contributed by atoms with Crippen LogP contribution < -0.4 is 11.1 Å². The zero-order valence-electron chi connectivity index (χ0n) is 13.7. The van der Waals surface area contributed by atoms with E-state index in [9.17, 15) is 0 Å². The Bertz CT molecular complexity index is 235. The lowest BCUT2D eigenvalue weighted by atomic mass is 10.0. The number of methoxy groups -OCH3 is 1. The van der Waals surface area contributed by atoms with E-state index in [1.807, 2.05) is 0 Å². The first-order valence-electron chi connectivity index (χ1n) is 7.61. The molecule has 0 aromatic heterocycles. The van der Waals surface area contributed by atoms with Crippen molar-refractivity contribution in [2.75, 3.05) is 20.3 Å². The van der Waals surface area contributed by atoms with E-state index < -0.39 is 0 Å². The molecule has 0 aliphatic heterocycles. The maximum Gasteiger partial charge on any atom is 0.188 e. The molecule has 20 heavy (non-hydrogen) atoms. The highest BCUT2D eigenvalue weighted by Gasteiger charge is 2.03. The minimum absolute atomic E-state index is 0. The lowest BCUT2D eigenvalue weighted by Gasteiger charge is -2.15. The summed E-state index contributed by atoms with van der Waals surface area (Å²) < 4.78 is 5.00. The van der Waals surface area contributed by atoms with Gasteiger partial charge in [-0.2, -0.15) is 0 Å². The van der Waals surface area contributed by atoms with Crippen LogP contribution >= 0.6 is 24.0 Å². The summed E-state index contributed by atoms with van der Waals surface area (Å²) in [4.78, 5) is 4.35. The Morgan fingerprint density at radius 3 is 2.40 bits per heavy atom. The molecule has 1 unspecified atom stereocenters. The third-order valence-corrected chi connectivity index (χ3v) is 3.10. The van der Waals surface area contributed by atoms with E-state index in [4.69, 9.17) is 10.5 Å². The second kappa shape index (κ2) is 15.4. The van der Waals surface area contributed by atoms with Crippen LogP contribution in [0.5, 0.6) is 0 Å². The summed E-state index contributed by atoms with van der Waals surface area (Å²) in [6.45, 7) is 8.34. The molecule has 122 valence electrons. The van der Waals surface area contributed by atoms with Gasteiger partial charge in [-0.15, -0.1) is 24.0 Å². The van der Waals surface area contributed by atoms with Crippen LogP contribution in [0.2, 0.25) is 0 Å². The van der Waals surface area contributed by atoms with Gasteiger partial charge in [-0.25, -0.2) is 0 Å². The summed E-state index contributed by atoms with van der Waals surface area (Å²) in [6.07, 6.45) is 7.01. The zero-order valence-corrected chi connectivity index (χ0v) is 16.0. The first kappa shape index (κ1) is 22.2. The molecule has 0 heterocycles. The van der Waals surface area contributed by atoms with E-state index in [1.165, 1.54) is 12.8 Å². The smallest absolute Gasteiger partial charge is 0.188 e. The molecular weight excluding hydrogens is 365 g/mol. The zero-order chi connectivity index (χ0) is 14.5. The van der Waals surface area contributed by atoms with Gasteiger partial charge in [-0.1, -0.05) is 26.7 Å². The Morgan fingerprint density at radius 2 is 1.80 bits per heavy atom. The number of nitrogens with one attached hydrogen (secondary N) is 1. The van der Waals surface area contributed by atoms with E-state index >= 15 is 0 Å². The Labute approximate surface area is 142 Å². The molecule has 0 saturated carbocycles. The topological polar surface area (TPSA) is 59.6 Å². The Balaban J connectivity index is 0. The van der Waals surface area contributed by atoms with Gasteiger partial charge in [0.1, 0.15) is 0 Å². The van der Waals surface area contributed by atoms with Crippen LogP contribution in [0.1, 0.15) is 59.3 Å². The molecule has 0 radical (unpaired) electrons. The Hall–Kier alpha value is -0.0400. The second-order valence-electron chi connectivity index (χ2n) is 5.69. The maximum absolute atomic E-state index is 5.86. The SMILES string of the molecule is COCCCCCN=C(N)NC(C)CCCC(C)C.I. The average Bonchev–Trinajstić information content (AvgIpc) is 2.33. The number of aliphatic imine (C=N–C) groups is 1. The summed E-state index contributed by atoms with van der Waals surface area (Å²) >= 11 is 0. The minimum Gasteiger partial charge on any atom is -0.385 e. The largest absolute Gasteiger partial charge is 0.385 e. The van der Waals surface area contributed by atoms with Crippen molar-refractivity contribution in [2.45, 2.75) is 65.3 Å². The summed E-state index contributed by atoms with van der Waals surface area (Å²) in [5.41, 5.74) is 5.86. The fourth-order valence-electron chi connectivity index (χ4n) is 1.94. The standard InChI is InChI=1S/C15H33N3O.HI/c1-13(2)9-8-10-14(3)18-15(16)17-11-6-5-7-12-19-4;/h13-14H,5-12H2,1-4H3,(H3,16,17,18);1H. The van der Waals surface area contributed by atoms with Crippen LogP contribution in [0.15, 0.2) is 4.99 Å². The lowest BCUT2D eigenvalue weighted by Crippen LogP contribution is -2.38. The number of ether oxygens (including phenoxy) is 1. The van der Waals surface area contributed by atoms with Crippen LogP contribution in [0.25, 0.3) is 0 Å². The van der Waals surface area contributed by atoms with Gasteiger partial charge in [0.05, 0.1) is 0 Å². The molecular formula is C15H34IN3O. The number of halogens is 1. The summed E-state index contributed by atoms with van der Waals surface area (Å²) in [5, 5.41) is 3.26. The number of guanidine groups is 1. The number of nitrogens with two attached hydrogens (primary N) is 1. The number of rotatable bonds is 11. The molecule has 1 atom stereocenters. The molecule has 3 N–H and O–H groups in total. The molecule has 0 saturated heterocycles. The van der Waals surface area contributed by atoms with E-state index in [2.05, 4.69) is 31.1 Å². The van der Waals surface area contributed by atoms with Crippen LogP contribution in [-0.2, 0) is 4.74 Å². The molecule has 0 fully saturated rings. The predicted molar refractivity (Wildman–Crippen MR) is 98.9 cm³/mol. The molecule has 5 heteroatoms. The first-order chi connectivity index (χ1) is 9.06. The number of hydrogen-bond donors (Lipinski definition) is 2. The maximum atomic E-state index is 5.86. The molecule has 0 aromatic carbocycles. The Kier molecular flexibility index (Phi) is 17.1. The molecule has 0 aliphatic carbocycles. The first-order valence-corrected chi connectivity index (χ1v) is 7.61. The van der Waals surface area contributed by atoms with Crippen molar-refractivity contribution in [1.29, 1.82) is 0 Å². The monoisotopic (exact) mass is 399 g/mol. The van der Waals surface area contributed by atoms with Crippen molar-refractivity contribution in [3.8, 4) is 0 Å². The molecule has 0 aliphatic rings. The highest BCUT2D eigenvalue weighted by Crippen LogP contribution is 2.07. The fourth-order valence-corrected chi connectivity index (χ4v) is 1.94. The van der Waals surface area contributed by atoms with Gasteiger partial charge in [-0.3, -0.25) is 4.99 Å². The van der Waals surface area contributed by atoms with Crippen LogP contribution in [-0.4, -0.2) is 32.3 Å². The highest BCUT2D eigenvalue weighted by atomic mass is 127. The van der Waals surface area contributed by atoms with Gasteiger partial charge in [-0.05, 0) is 38.5 Å². The highest BCUT2D eigenvalue weighted by molar-refractivity contribution is 14.0. The van der Waals surface area contributed by atoms with Gasteiger partial charge in [0.15, 0.2) is 5.96 Å². The molecule has 0 aromatic rings. The summed E-state index contributed by atoms with van der Waals surface area (Å²) in [7, 11) is 1.74. The molecule has 0 rings (SSSR count). The summed E-state index contributed by atoms with van der Waals surface area (Å²) in [6, 6.07) is 0.413. The second-order valence-corrected chi connectivity index (χ2v) is 5.69. The molecule has 0 amide bonds. The third kappa shape index (κ3) is 16.0. The van der Waals surface area contributed by atoms with Gasteiger partial charge in [0, 0.05) is 26.3 Å². The Morgan fingerprint density at radius 1 is 1.10 bits per heavy atom. The third-order valence-electron chi connectivity index (χ3n) is 3.10. The lowest BCUT2D eigenvalue weighted by molar-refractivity contribution is 0.192. The normalized spacial score (nSPS) is 13.2. The van der Waals surface area contributed by atoms with E-state index in [-0.39, 0.29) is 24.0 Å². The summed E-state index contributed by atoms with van der Waals surface area (Å²) in [5.74, 6) is 1.37. The van der Waals surface area contributed by atoms with Crippen molar-refractivity contribution in [3.05, 3.63) is 0 Å². The van der Waals surface area contributed by atoms with Gasteiger partial charge in [0.2, 0.25) is 0 Å². The van der Waals surface area contributed by atoms with Gasteiger partial charge < -0.3 is 15.8 Å². The van der Waals surface area contributed by atoms with Crippen molar-refractivity contribution in [1.82, 2.24) is 5.32 Å². The number of nitrogens with zero attached hydrogens (tertiary/aromatic N) is 1. The van der Waals surface area contributed by atoms with Gasteiger partial charge in [0.25, 0.3) is 0 Å². The number of unbranched alkanes of at least 4 members (excludes halogenated alkanes) is 2. The fraction of sp³-hybridized carbons (Fsp3) is 0.933. The number of hydrogen-bond acceptors (Lipinski definition) is 2. The van der Waals surface area contributed by atoms with E-state index in [0.717, 1.165) is 44.8 Å². The average molecular weight is 399 g/mol. The minimum atomic E-state index is 0. The molecule has 0 spiro atoms. The van der Waals surface area contributed by atoms with Gasteiger partial charge >= 0.3 is 0 Å². The quantitative estimate of drug-likeness (QED) is 0.242. The molecule has 0 bridgehead atoms. The van der Waals surface area contributed by atoms with Crippen LogP contribution in [0.4, 0.5) is 0 Å². The van der Waals surface area contributed by atoms with Crippen molar-refractivity contribution in [2.24, 2.45) is 16.6 Å². The predicted octanol–water partition coefficient (Wildman–Crippen LogP) is 3.54. The van der Waals surface area contributed by atoms with Crippen LogP contribution in [0.3, 0.4) is 0 Å². The van der Waals surface area contributed by atoms with E-state index in [0.29, 0.717) is 12.0 Å². The van der Waals surface area contributed by atoms with Crippen molar-refractivity contribution < 1.29 is 4.74 Å². The van der Waals surface area contributed by atoms with Crippen LogP contribution in [0, 0.1) is 5.92 Å². The van der Waals surface area contributed by atoms with Crippen molar-refractivity contribution in [3.63, 3.8) is 0 Å². The van der Waals surface area contributed by atoms with E-state index in [1.54, 1.807) is 7.11 Å². The van der Waals surface area contributed by atoms with Crippen molar-refractivity contribution >= 4 is 29.9 Å². The molecule has 4 nitrogen and oxygen atoms in total.